The van der Waals surface area contributed by atoms with E-state index < -0.39 is 43.1 Å². The van der Waals surface area contributed by atoms with Crippen LogP contribution in [-0.4, -0.2) is 66.5 Å². The lowest BCUT2D eigenvalue weighted by molar-refractivity contribution is -0.149. The highest BCUT2D eigenvalue weighted by Gasteiger charge is 2.63. The second-order valence-electron chi connectivity index (χ2n) is 8.19. The van der Waals surface area contributed by atoms with Crippen LogP contribution in [0.4, 0.5) is 0 Å². The van der Waals surface area contributed by atoms with Crippen LogP contribution in [0.5, 0.6) is 0 Å². The lowest BCUT2D eigenvalue weighted by atomic mass is 9.73. The van der Waals surface area contributed by atoms with Crippen molar-refractivity contribution < 1.29 is 37.7 Å². The Balaban J connectivity index is 2.54. The van der Waals surface area contributed by atoms with Crippen LogP contribution >= 0.6 is 0 Å². The van der Waals surface area contributed by atoms with E-state index in [-0.39, 0.29) is 25.0 Å². The predicted molar refractivity (Wildman–Crippen MR) is 88.1 cm³/mol. The van der Waals surface area contributed by atoms with Crippen molar-refractivity contribution in [1.82, 2.24) is 0 Å². The summed E-state index contributed by atoms with van der Waals surface area (Å²) in [5.41, 5.74) is -3.16. The normalized spacial score (nSPS) is 25.9. The topological polar surface area (TPSA) is 134 Å². The molecule has 2 N–H and O–H groups in total. The second-order valence-corrected chi connectivity index (χ2v) is 10.5. The minimum absolute atomic E-state index is 0.0180. The lowest BCUT2D eigenvalue weighted by Gasteiger charge is -2.44. The Hall–Kier alpha value is -1.19. The number of carboxylic acids is 2. The highest BCUT2D eigenvalue weighted by molar-refractivity contribution is 7.92. The van der Waals surface area contributed by atoms with Gasteiger partial charge in [0.25, 0.3) is 0 Å². The quantitative estimate of drug-likeness (QED) is 0.536. The molecule has 2 unspecified atom stereocenters. The van der Waals surface area contributed by atoms with Crippen LogP contribution in [0.25, 0.3) is 0 Å². The highest BCUT2D eigenvalue weighted by atomic mass is 32.2. The van der Waals surface area contributed by atoms with E-state index in [1.54, 1.807) is 0 Å². The predicted octanol–water partition coefficient (Wildman–Crippen LogP) is 0.939. The minimum Gasteiger partial charge on any atom is -0.481 e. The maximum Gasteiger partial charge on any atom is 0.310 e. The molecular weight excluding hydrogens is 352 g/mol. The fraction of sp³-hybridized carbons (Fsp3) is 0.875. The van der Waals surface area contributed by atoms with E-state index in [4.69, 9.17) is 9.47 Å². The van der Waals surface area contributed by atoms with Gasteiger partial charge in [-0.05, 0) is 40.5 Å². The third kappa shape index (κ3) is 3.83. The van der Waals surface area contributed by atoms with Gasteiger partial charge in [-0.2, -0.15) is 0 Å². The largest absolute Gasteiger partial charge is 0.481 e. The molecule has 2 atom stereocenters. The van der Waals surface area contributed by atoms with E-state index in [1.807, 2.05) is 0 Å². The van der Waals surface area contributed by atoms with Gasteiger partial charge in [0, 0.05) is 0 Å². The summed E-state index contributed by atoms with van der Waals surface area (Å²) in [6.07, 6.45) is -0.630. The number of carboxylic acid groups (broad SMARTS) is 2. The van der Waals surface area contributed by atoms with E-state index in [9.17, 15) is 28.2 Å². The van der Waals surface area contributed by atoms with Crippen LogP contribution in [0, 0.1) is 10.8 Å². The van der Waals surface area contributed by atoms with Gasteiger partial charge in [-0.1, -0.05) is 0 Å². The van der Waals surface area contributed by atoms with E-state index in [0.29, 0.717) is 13.2 Å². The van der Waals surface area contributed by atoms with Crippen molar-refractivity contribution in [2.45, 2.75) is 57.5 Å². The van der Waals surface area contributed by atoms with Gasteiger partial charge in [0.05, 0.1) is 46.8 Å². The molecule has 0 aliphatic carbocycles. The minimum atomic E-state index is -4.12. The molecule has 25 heavy (non-hydrogen) atoms. The molecule has 2 saturated heterocycles. The molecule has 2 fully saturated rings. The van der Waals surface area contributed by atoms with Crippen molar-refractivity contribution >= 4 is 21.8 Å². The lowest BCUT2D eigenvalue weighted by Crippen LogP contribution is -2.58. The third-order valence-corrected chi connectivity index (χ3v) is 8.45. The molecule has 2 heterocycles. The zero-order valence-corrected chi connectivity index (χ0v) is 15.8. The summed E-state index contributed by atoms with van der Waals surface area (Å²) in [5.74, 6) is -3.14. The van der Waals surface area contributed by atoms with Crippen LogP contribution in [0.1, 0.15) is 40.5 Å². The molecule has 0 bridgehead atoms. The summed E-state index contributed by atoms with van der Waals surface area (Å²) in [6.45, 7) is 6.16. The van der Waals surface area contributed by atoms with Gasteiger partial charge in [-0.15, -0.1) is 0 Å². The van der Waals surface area contributed by atoms with Gasteiger partial charge in [0.2, 0.25) is 0 Å². The number of hydrogen-bond acceptors (Lipinski definition) is 6. The standard InChI is InChI=1S/C16H26O8S/c1-14(2,12(17)18)9-25(21,22)16(5-10-7-23-10,6-11-8-24-11)15(3,4)13(19)20/h10-11H,5-9H2,1-4H3,(H,17,18)(H,19,20). The molecule has 0 spiro atoms. The van der Waals surface area contributed by atoms with E-state index in [2.05, 4.69) is 0 Å². The summed E-state index contributed by atoms with van der Waals surface area (Å²) >= 11 is 0. The van der Waals surface area contributed by atoms with Gasteiger partial charge in [0.15, 0.2) is 9.84 Å². The molecule has 9 heteroatoms. The molecule has 0 aromatic carbocycles. The summed E-state index contributed by atoms with van der Waals surface area (Å²) in [6, 6.07) is 0. The molecule has 2 aliphatic rings. The van der Waals surface area contributed by atoms with Crippen molar-refractivity contribution in [2.24, 2.45) is 10.8 Å². The van der Waals surface area contributed by atoms with Crippen molar-refractivity contribution in [3.8, 4) is 0 Å². The Kier molecular flexibility index (Phi) is 5.00. The number of ether oxygens (including phenoxy) is 2. The van der Waals surface area contributed by atoms with Crippen LogP contribution in [0.2, 0.25) is 0 Å². The van der Waals surface area contributed by atoms with Crippen LogP contribution in [0.3, 0.4) is 0 Å². The van der Waals surface area contributed by atoms with E-state index in [0.717, 1.165) is 0 Å². The van der Waals surface area contributed by atoms with Crippen LogP contribution in [-0.2, 0) is 28.9 Å². The Labute approximate surface area is 147 Å². The van der Waals surface area contributed by atoms with E-state index >= 15 is 0 Å². The van der Waals surface area contributed by atoms with Crippen LogP contribution in [0.15, 0.2) is 0 Å². The zero-order valence-electron chi connectivity index (χ0n) is 14.9. The van der Waals surface area contributed by atoms with Gasteiger partial charge < -0.3 is 19.7 Å². The van der Waals surface area contributed by atoms with Gasteiger partial charge >= 0.3 is 11.9 Å². The molecule has 144 valence electrons. The number of rotatable bonds is 10. The molecule has 2 aliphatic heterocycles. The smallest absolute Gasteiger partial charge is 0.310 e. The Morgan fingerprint density at radius 1 is 0.960 bits per heavy atom. The molecule has 0 amide bonds. The number of epoxide rings is 2. The fourth-order valence-corrected chi connectivity index (χ4v) is 6.31. The highest BCUT2D eigenvalue weighted by Crippen LogP contribution is 2.50. The SMILES string of the molecule is CC(C)(CS(=O)(=O)C(CC1CO1)(CC1CO1)C(C)(C)C(=O)O)C(=O)O. The van der Waals surface area contributed by atoms with Gasteiger partial charge in [0.1, 0.15) is 0 Å². The van der Waals surface area contributed by atoms with Gasteiger partial charge in [-0.3, -0.25) is 9.59 Å². The molecule has 2 rings (SSSR count). The maximum atomic E-state index is 13.4. The average Bonchev–Trinajstić information content (AvgIpc) is 3.31. The number of sulfone groups is 1. The van der Waals surface area contributed by atoms with Crippen LogP contribution < -0.4 is 0 Å². The summed E-state index contributed by atoms with van der Waals surface area (Å²) in [7, 11) is -4.12. The first-order chi connectivity index (χ1) is 11.3. The zero-order chi connectivity index (χ0) is 19.3. The molecule has 0 radical (unpaired) electrons. The molecule has 0 aromatic heterocycles. The van der Waals surface area contributed by atoms with Crippen molar-refractivity contribution in [3.63, 3.8) is 0 Å². The third-order valence-electron chi connectivity index (χ3n) is 5.32. The molecule has 8 nitrogen and oxygen atoms in total. The Morgan fingerprint density at radius 3 is 1.64 bits per heavy atom. The van der Waals surface area contributed by atoms with Gasteiger partial charge in [-0.25, -0.2) is 8.42 Å². The average molecular weight is 378 g/mol. The van der Waals surface area contributed by atoms with Crippen molar-refractivity contribution in [2.75, 3.05) is 19.0 Å². The van der Waals surface area contributed by atoms with Crippen molar-refractivity contribution in [3.05, 3.63) is 0 Å². The first-order valence-corrected chi connectivity index (χ1v) is 9.83. The summed E-state index contributed by atoms with van der Waals surface area (Å²) in [4.78, 5) is 23.4. The molecule has 0 aromatic rings. The fourth-order valence-electron chi connectivity index (χ4n) is 3.21. The summed E-state index contributed by atoms with van der Waals surface area (Å²) in [5, 5.41) is 19.1. The second kappa shape index (κ2) is 6.21. The molecule has 0 saturated carbocycles. The number of carbonyl (C=O) groups is 2. The Morgan fingerprint density at radius 2 is 1.36 bits per heavy atom. The monoisotopic (exact) mass is 378 g/mol. The maximum absolute atomic E-state index is 13.4. The summed E-state index contributed by atoms with van der Waals surface area (Å²) < 4.78 is 35.6. The van der Waals surface area contributed by atoms with E-state index in [1.165, 1.54) is 27.7 Å². The van der Waals surface area contributed by atoms with Crippen molar-refractivity contribution in [1.29, 1.82) is 0 Å². The molecular formula is C16H26O8S. The Bertz CT molecular complexity index is 642. The number of hydrogen-bond donors (Lipinski definition) is 2. The number of aliphatic carboxylic acids is 2. The first-order valence-electron chi connectivity index (χ1n) is 8.17. The first kappa shape index (κ1) is 20.1.